The number of carbonyl (C=O) groups is 1. The predicted molar refractivity (Wildman–Crippen MR) is 131 cm³/mol. The van der Waals surface area contributed by atoms with Crippen molar-refractivity contribution in [2.45, 2.75) is 71.3 Å². The van der Waals surface area contributed by atoms with E-state index in [1.165, 1.54) is 37.0 Å². The quantitative estimate of drug-likeness (QED) is 0.331. The highest BCUT2D eigenvalue weighted by Crippen LogP contribution is 2.19. The molecule has 3 aromatic rings. The molecular formula is C27H37N3O2. The van der Waals surface area contributed by atoms with E-state index >= 15 is 0 Å². The first kappa shape index (κ1) is 23.8. The summed E-state index contributed by atoms with van der Waals surface area (Å²) in [4.78, 5) is 17.1. The molecule has 1 amide bonds. The Bertz CT molecular complexity index is 963. The third-order valence-electron chi connectivity index (χ3n) is 5.89. The average molecular weight is 436 g/mol. The normalized spacial score (nSPS) is 11.1. The number of nitrogens with one attached hydrogen (secondary N) is 1. The van der Waals surface area contributed by atoms with E-state index in [0.717, 1.165) is 55.6 Å². The molecule has 5 heteroatoms. The Morgan fingerprint density at radius 2 is 1.75 bits per heavy atom. The largest absolute Gasteiger partial charge is 0.497 e. The molecule has 172 valence electrons. The molecular weight excluding hydrogens is 398 g/mol. The summed E-state index contributed by atoms with van der Waals surface area (Å²) >= 11 is 0. The molecule has 0 unspecified atom stereocenters. The Balaban J connectivity index is 1.39. The van der Waals surface area contributed by atoms with Gasteiger partial charge in [0.2, 0.25) is 5.91 Å². The number of nitrogens with zero attached hydrogens (tertiary/aromatic N) is 2. The highest BCUT2D eigenvalue weighted by Gasteiger charge is 2.10. The Morgan fingerprint density at radius 3 is 2.53 bits per heavy atom. The van der Waals surface area contributed by atoms with Crippen LogP contribution in [0.4, 0.5) is 0 Å². The lowest BCUT2D eigenvalue weighted by atomic mass is 10.1. The fourth-order valence-corrected chi connectivity index (χ4v) is 4.07. The molecule has 0 radical (unpaired) electrons. The molecule has 1 aromatic heterocycles. The second kappa shape index (κ2) is 12.9. The lowest BCUT2D eigenvalue weighted by Gasteiger charge is -2.09. The average Bonchev–Trinajstić information content (AvgIpc) is 3.17. The first-order valence-electron chi connectivity index (χ1n) is 12.0. The van der Waals surface area contributed by atoms with Gasteiger partial charge in [0.1, 0.15) is 11.6 Å². The summed E-state index contributed by atoms with van der Waals surface area (Å²) in [5.41, 5.74) is 3.36. The Kier molecular flexibility index (Phi) is 9.60. The fourth-order valence-electron chi connectivity index (χ4n) is 4.07. The van der Waals surface area contributed by atoms with Crippen LogP contribution in [0.25, 0.3) is 11.0 Å². The Morgan fingerprint density at radius 1 is 0.969 bits per heavy atom. The summed E-state index contributed by atoms with van der Waals surface area (Å²) in [6.45, 7) is 4.03. The molecule has 32 heavy (non-hydrogen) atoms. The summed E-state index contributed by atoms with van der Waals surface area (Å²) in [6.07, 6.45) is 9.61. The molecule has 2 aromatic carbocycles. The summed E-state index contributed by atoms with van der Waals surface area (Å²) in [6, 6.07) is 16.1. The molecule has 1 heterocycles. The zero-order valence-corrected chi connectivity index (χ0v) is 19.6. The number of carbonyl (C=O) groups excluding carboxylic acids is 1. The van der Waals surface area contributed by atoms with Crippen molar-refractivity contribution in [1.29, 1.82) is 0 Å². The second-order valence-corrected chi connectivity index (χ2v) is 8.41. The third-order valence-corrected chi connectivity index (χ3v) is 5.89. The monoisotopic (exact) mass is 435 g/mol. The lowest BCUT2D eigenvalue weighted by molar-refractivity contribution is -0.120. The zero-order chi connectivity index (χ0) is 22.6. The minimum Gasteiger partial charge on any atom is -0.497 e. The highest BCUT2D eigenvalue weighted by atomic mass is 16.5. The molecule has 3 rings (SSSR count). The van der Waals surface area contributed by atoms with Gasteiger partial charge in [0.15, 0.2) is 0 Å². The summed E-state index contributed by atoms with van der Waals surface area (Å²) in [5, 5.41) is 3.04. The van der Waals surface area contributed by atoms with E-state index in [9.17, 15) is 4.79 Å². The number of imidazole rings is 1. The topological polar surface area (TPSA) is 56.2 Å². The number of aromatic nitrogens is 2. The highest BCUT2D eigenvalue weighted by molar-refractivity contribution is 5.78. The van der Waals surface area contributed by atoms with Gasteiger partial charge < -0.3 is 14.6 Å². The van der Waals surface area contributed by atoms with Crippen LogP contribution in [-0.2, 0) is 24.2 Å². The van der Waals surface area contributed by atoms with Crippen molar-refractivity contribution < 1.29 is 9.53 Å². The van der Waals surface area contributed by atoms with Gasteiger partial charge in [-0.2, -0.15) is 0 Å². The van der Waals surface area contributed by atoms with Crippen LogP contribution in [0.5, 0.6) is 5.75 Å². The SMILES string of the molecule is CCCCCCn1c(CCCCCNC(=O)Cc2ccc(OC)cc2)nc2ccccc21. The van der Waals surface area contributed by atoms with E-state index in [-0.39, 0.29) is 5.91 Å². The van der Waals surface area contributed by atoms with E-state index in [4.69, 9.17) is 9.72 Å². The molecule has 1 N–H and O–H groups in total. The van der Waals surface area contributed by atoms with Gasteiger partial charge >= 0.3 is 0 Å². The maximum atomic E-state index is 12.2. The van der Waals surface area contributed by atoms with Gasteiger partial charge in [0.05, 0.1) is 24.6 Å². The van der Waals surface area contributed by atoms with Crippen LogP contribution in [0, 0.1) is 0 Å². The number of fused-ring (bicyclic) bond motifs is 1. The Labute approximate surface area is 192 Å². The number of hydrogen-bond acceptors (Lipinski definition) is 3. The molecule has 0 atom stereocenters. The number of methoxy groups -OCH3 is 1. The van der Waals surface area contributed by atoms with Crippen LogP contribution < -0.4 is 10.1 Å². The van der Waals surface area contributed by atoms with Crippen LogP contribution in [0.3, 0.4) is 0 Å². The Hall–Kier alpha value is -2.82. The number of para-hydroxylation sites is 2. The summed E-state index contributed by atoms with van der Waals surface area (Å²) < 4.78 is 7.57. The van der Waals surface area contributed by atoms with Crippen molar-refractivity contribution in [3.63, 3.8) is 0 Å². The first-order chi connectivity index (χ1) is 15.7. The van der Waals surface area contributed by atoms with Crippen LogP contribution in [0.1, 0.15) is 63.3 Å². The molecule has 0 spiro atoms. The smallest absolute Gasteiger partial charge is 0.224 e. The maximum absolute atomic E-state index is 12.2. The molecule has 5 nitrogen and oxygen atoms in total. The second-order valence-electron chi connectivity index (χ2n) is 8.41. The molecule has 0 aliphatic carbocycles. The summed E-state index contributed by atoms with van der Waals surface area (Å²) in [7, 11) is 1.64. The van der Waals surface area contributed by atoms with Gasteiger partial charge in [-0.05, 0) is 49.1 Å². The number of benzene rings is 2. The zero-order valence-electron chi connectivity index (χ0n) is 19.6. The molecule has 0 aliphatic heterocycles. The first-order valence-corrected chi connectivity index (χ1v) is 12.0. The van der Waals surface area contributed by atoms with E-state index < -0.39 is 0 Å². The van der Waals surface area contributed by atoms with E-state index in [2.05, 4.69) is 41.1 Å². The van der Waals surface area contributed by atoms with Crippen LogP contribution in [0.2, 0.25) is 0 Å². The van der Waals surface area contributed by atoms with Gasteiger partial charge in [0.25, 0.3) is 0 Å². The van der Waals surface area contributed by atoms with Gasteiger partial charge in [-0.3, -0.25) is 4.79 Å². The lowest BCUT2D eigenvalue weighted by Crippen LogP contribution is -2.26. The van der Waals surface area contributed by atoms with Crippen LogP contribution >= 0.6 is 0 Å². The number of rotatable bonds is 14. The molecule has 0 saturated heterocycles. The minimum atomic E-state index is 0.0732. The van der Waals surface area contributed by atoms with Crippen molar-refractivity contribution >= 4 is 16.9 Å². The number of unbranched alkanes of at least 4 members (excludes halogenated alkanes) is 5. The summed E-state index contributed by atoms with van der Waals surface area (Å²) in [5.74, 6) is 2.08. The molecule has 0 fully saturated rings. The number of amides is 1. The van der Waals surface area contributed by atoms with E-state index in [0.29, 0.717) is 6.42 Å². The van der Waals surface area contributed by atoms with Crippen molar-refractivity contribution in [3.8, 4) is 5.75 Å². The van der Waals surface area contributed by atoms with E-state index in [1.54, 1.807) is 7.11 Å². The fraction of sp³-hybridized carbons (Fsp3) is 0.481. The van der Waals surface area contributed by atoms with Crippen LogP contribution in [-0.4, -0.2) is 29.1 Å². The van der Waals surface area contributed by atoms with Gasteiger partial charge in [-0.1, -0.05) is 56.9 Å². The number of aryl methyl sites for hydroxylation is 2. The maximum Gasteiger partial charge on any atom is 0.224 e. The third kappa shape index (κ3) is 7.11. The standard InChI is InChI=1S/C27H37N3O2/c1-3-4-5-11-20-30-25-13-9-8-12-24(25)29-26(30)14-7-6-10-19-28-27(31)21-22-15-17-23(32-2)18-16-22/h8-9,12-13,15-18H,3-7,10-11,14,19-21H2,1-2H3,(H,28,31). The van der Waals surface area contributed by atoms with E-state index in [1.807, 2.05) is 24.3 Å². The van der Waals surface area contributed by atoms with Crippen LogP contribution in [0.15, 0.2) is 48.5 Å². The van der Waals surface area contributed by atoms with Crippen molar-refractivity contribution in [2.75, 3.05) is 13.7 Å². The van der Waals surface area contributed by atoms with Crippen molar-refractivity contribution in [3.05, 3.63) is 59.9 Å². The molecule has 0 aliphatic rings. The van der Waals surface area contributed by atoms with Gasteiger partial charge in [0, 0.05) is 19.5 Å². The minimum absolute atomic E-state index is 0.0732. The van der Waals surface area contributed by atoms with Gasteiger partial charge in [-0.15, -0.1) is 0 Å². The van der Waals surface area contributed by atoms with Gasteiger partial charge in [-0.25, -0.2) is 4.98 Å². The van der Waals surface area contributed by atoms with Crippen molar-refractivity contribution in [2.24, 2.45) is 0 Å². The molecule has 0 bridgehead atoms. The number of hydrogen-bond donors (Lipinski definition) is 1. The molecule has 0 saturated carbocycles. The predicted octanol–water partition coefficient (Wildman–Crippen LogP) is 5.70. The number of ether oxygens (including phenoxy) is 1. The van der Waals surface area contributed by atoms with Crippen molar-refractivity contribution in [1.82, 2.24) is 14.9 Å².